The minimum absolute atomic E-state index is 0.125. The van der Waals surface area contributed by atoms with Crippen LogP contribution in [0.4, 0.5) is 5.69 Å². The number of fused-ring (bicyclic) bond motifs is 1. The number of carbonyl (C=O) groups excluding carboxylic acids is 3. The topological polar surface area (TPSA) is 72.5 Å². The molecule has 23 heavy (non-hydrogen) atoms. The number of amides is 1. The van der Waals surface area contributed by atoms with Crippen molar-refractivity contribution in [2.45, 2.75) is 6.42 Å². The van der Waals surface area contributed by atoms with E-state index in [0.29, 0.717) is 17.1 Å². The lowest BCUT2D eigenvalue weighted by atomic mass is 9.92. The van der Waals surface area contributed by atoms with Gasteiger partial charge in [0.25, 0.3) is 0 Å². The lowest BCUT2D eigenvalue weighted by Crippen LogP contribution is -2.41. The number of carbonyl (C=O) groups is 3. The summed E-state index contributed by atoms with van der Waals surface area (Å²) in [5, 5.41) is 6.80. The molecule has 0 radical (unpaired) electrons. The molecule has 0 saturated heterocycles. The summed E-state index contributed by atoms with van der Waals surface area (Å²) in [7, 11) is 0. The third kappa shape index (κ3) is 3.28. The first-order valence-corrected chi connectivity index (χ1v) is 8.20. The van der Waals surface area contributed by atoms with Crippen LogP contribution >= 0.6 is 22.9 Å². The fourth-order valence-electron chi connectivity index (χ4n) is 2.32. The molecule has 0 spiro atoms. The van der Waals surface area contributed by atoms with Crippen LogP contribution in [0.1, 0.15) is 15.9 Å². The molecule has 1 atom stereocenters. The summed E-state index contributed by atoms with van der Waals surface area (Å²) < 4.78 is 5.09. The Balaban J connectivity index is 1.69. The van der Waals surface area contributed by atoms with Crippen LogP contribution in [-0.4, -0.2) is 24.3 Å². The summed E-state index contributed by atoms with van der Waals surface area (Å²) in [6, 6.07) is 6.43. The average molecular weight is 350 g/mol. The van der Waals surface area contributed by atoms with Gasteiger partial charge in [-0.3, -0.25) is 14.4 Å². The van der Waals surface area contributed by atoms with Gasteiger partial charge in [-0.15, -0.1) is 0 Å². The standard InChI is InChI=1S/C16H12ClNO4S/c17-10-1-2-11-12(7-10)18-15(20)13(14(11)19)16(21)22-5-3-9-4-6-23-8-9/h1-2,4,6-8,13H,3,5H2,(H,18,20). The van der Waals surface area contributed by atoms with Gasteiger partial charge in [-0.2, -0.15) is 11.3 Å². The SMILES string of the molecule is O=C1Nc2cc(Cl)ccc2C(=O)C1C(=O)OCCc1ccsc1. The van der Waals surface area contributed by atoms with Crippen LogP contribution in [0.3, 0.4) is 0 Å². The zero-order valence-corrected chi connectivity index (χ0v) is 13.4. The van der Waals surface area contributed by atoms with Gasteiger partial charge in [-0.1, -0.05) is 11.6 Å². The van der Waals surface area contributed by atoms with Crippen LogP contribution in [-0.2, 0) is 20.7 Å². The third-order valence-electron chi connectivity index (χ3n) is 3.48. The summed E-state index contributed by atoms with van der Waals surface area (Å²) in [6.07, 6.45) is 0.546. The molecule has 118 valence electrons. The first-order valence-electron chi connectivity index (χ1n) is 6.88. The molecular weight excluding hydrogens is 338 g/mol. The monoisotopic (exact) mass is 349 g/mol. The second-order valence-corrected chi connectivity index (χ2v) is 6.24. The van der Waals surface area contributed by atoms with Crippen molar-refractivity contribution in [3.63, 3.8) is 0 Å². The first kappa shape index (κ1) is 15.7. The van der Waals surface area contributed by atoms with Crippen molar-refractivity contribution in [3.05, 3.63) is 51.2 Å². The van der Waals surface area contributed by atoms with Gasteiger partial charge in [0.05, 0.1) is 12.3 Å². The summed E-state index contributed by atoms with van der Waals surface area (Å²) >= 11 is 7.39. The molecule has 0 bridgehead atoms. The highest BCUT2D eigenvalue weighted by Gasteiger charge is 2.40. The van der Waals surface area contributed by atoms with Gasteiger partial charge in [0.15, 0.2) is 11.7 Å². The second kappa shape index (κ2) is 6.52. The van der Waals surface area contributed by atoms with E-state index in [9.17, 15) is 14.4 Å². The number of halogens is 1. The molecule has 1 unspecified atom stereocenters. The third-order valence-corrected chi connectivity index (χ3v) is 4.45. The van der Waals surface area contributed by atoms with Crippen LogP contribution in [0.5, 0.6) is 0 Å². The molecule has 1 aromatic heterocycles. The van der Waals surface area contributed by atoms with Gasteiger partial charge in [-0.05, 0) is 40.6 Å². The van der Waals surface area contributed by atoms with E-state index >= 15 is 0 Å². The molecule has 1 aliphatic rings. The minimum Gasteiger partial charge on any atom is -0.464 e. The highest BCUT2D eigenvalue weighted by molar-refractivity contribution is 7.07. The highest BCUT2D eigenvalue weighted by Crippen LogP contribution is 2.29. The maximum atomic E-state index is 12.4. The molecule has 3 rings (SSSR count). The largest absolute Gasteiger partial charge is 0.464 e. The molecule has 2 heterocycles. The fraction of sp³-hybridized carbons (Fsp3) is 0.188. The van der Waals surface area contributed by atoms with Crippen LogP contribution in [0.25, 0.3) is 0 Å². The van der Waals surface area contributed by atoms with E-state index in [1.165, 1.54) is 18.2 Å². The first-order chi connectivity index (χ1) is 11.1. The van der Waals surface area contributed by atoms with Gasteiger partial charge >= 0.3 is 5.97 Å². The smallest absolute Gasteiger partial charge is 0.326 e. The summed E-state index contributed by atoms with van der Waals surface area (Å²) in [4.78, 5) is 36.5. The Bertz CT molecular complexity index is 772. The number of esters is 1. The zero-order valence-electron chi connectivity index (χ0n) is 11.9. The van der Waals surface area contributed by atoms with Crippen molar-refractivity contribution >= 4 is 46.3 Å². The zero-order chi connectivity index (χ0) is 16.4. The van der Waals surface area contributed by atoms with Gasteiger partial charge in [0, 0.05) is 17.0 Å². The van der Waals surface area contributed by atoms with Crippen molar-refractivity contribution < 1.29 is 19.1 Å². The number of rotatable bonds is 4. The number of Topliss-reactive ketones (excluding diaryl/α,β-unsaturated/α-hetero) is 1. The number of anilines is 1. The van der Waals surface area contributed by atoms with Crippen LogP contribution in [0.15, 0.2) is 35.0 Å². The Morgan fingerprint density at radius 1 is 1.30 bits per heavy atom. The number of hydrogen-bond acceptors (Lipinski definition) is 5. The Labute approximate surface area is 141 Å². The number of benzene rings is 1. The van der Waals surface area contributed by atoms with E-state index in [1.807, 2.05) is 16.8 Å². The molecule has 0 fully saturated rings. The quantitative estimate of drug-likeness (QED) is 0.680. The van der Waals surface area contributed by atoms with E-state index in [4.69, 9.17) is 16.3 Å². The highest BCUT2D eigenvalue weighted by atomic mass is 35.5. The number of thiophene rings is 1. The van der Waals surface area contributed by atoms with Crippen molar-refractivity contribution in [2.75, 3.05) is 11.9 Å². The van der Waals surface area contributed by atoms with Gasteiger partial charge in [-0.25, -0.2) is 0 Å². The normalized spacial score (nSPS) is 16.7. The number of hydrogen-bond donors (Lipinski definition) is 1. The molecule has 1 aromatic carbocycles. The van der Waals surface area contributed by atoms with Crippen molar-refractivity contribution in [3.8, 4) is 0 Å². The molecule has 1 N–H and O–H groups in total. The minimum atomic E-state index is -1.47. The average Bonchev–Trinajstić information content (AvgIpc) is 3.00. The van der Waals surface area contributed by atoms with E-state index in [2.05, 4.69) is 5.32 Å². The Hall–Kier alpha value is -2.18. The molecule has 2 aromatic rings. The predicted molar refractivity (Wildman–Crippen MR) is 86.9 cm³/mol. The number of ketones is 1. The van der Waals surface area contributed by atoms with Gasteiger partial charge in [0.2, 0.25) is 5.91 Å². The van der Waals surface area contributed by atoms with Crippen molar-refractivity contribution in [1.29, 1.82) is 0 Å². The van der Waals surface area contributed by atoms with Gasteiger partial charge < -0.3 is 10.1 Å². The Morgan fingerprint density at radius 3 is 2.87 bits per heavy atom. The van der Waals surface area contributed by atoms with Crippen LogP contribution in [0.2, 0.25) is 5.02 Å². The number of ether oxygens (including phenoxy) is 1. The lowest BCUT2D eigenvalue weighted by Gasteiger charge is -2.22. The predicted octanol–water partition coefficient (Wildman–Crippen LogP) is 2.94. The van der Waals surface area contributed by atoms with E-state index < -0.39 is 23.6 Å². The lowest BCUT2D eigenvalue weighted by molar-refractivity contribution is -0.149. The van der Waals surface area contributed by atoms with Crippen molar-refractivity contribution in [2.24, 2.45) is 5.92 Å². The summed E-state index contributed by atoms with van der Waals surface area (Å²) in [6.45, 7) is 0.125. The van der Waals surface area contributed by atoms with Crippen LogP contribution in [0, 0.1) is 5.92 Å². The fourth-order valence-corrected chi connectivity index (χ4v) is 3.19. The van der Waals surface area contributed by atoms with Crippen LogP contribution < -0.4 is 5.32 Å². The maximum absolute atomic E-state index is 12.4. The van der Waals surface area contributed by atoms with Gasteiger partial charge in [0.1, 0.15) is 0 Å². The van der Waals surface area contributed by atoms with E-state index in [-0.39, 0.29) is 12.2 Å². The Morgan fingerprint density at radius 2 is 2.13 bits per heavy atom. The molecular formula is C16H12ClNO4S. The molecule has 1 amide bonds. The molecule has 0 saturated carbocycles. The van der Waals surface area contributed by atoms with E-state index in [0.717, 1.165) is 5.56 Å². The molecule has 7 heteroatoms. The summed E-state index contributed by atoms with van der Waals surface area (Å²) in [5.41, 5.74) is 1.62. The Kier molecular flexibility index (Phi) is 4.45. The number of nitrogens with one attached hydrogen (secondary N) is 1. The van der Waals surface area contributed by atoms with Crippen molar-refractivity contribution in [1.82, 2.24) is 0 Å². The molecule has 5 nitrogen and oxygen atoms in total. The summed E-state index contributed by atoms with van der Waals surface area (Å²) in [5.74, 6) is -3.55. The maximum Gasteiger partial charge on any atom is 0.326 e. The molecule has 0 aliphatic carbocycles. The van der Waals surface area contributed by atoms with E-state index in [1.54, 1.807) is 11.3 Å². The second-order valence-electron chi connectivity index (χ2n) is 5.03. The molecule has 1 aliphatic heterocycles.